The summed E-state index contributed by atoms with van der Waals surface area (Å²) in [6.07, 6.45) is 7.58. The molecule has 0 bridgehead atoms. The monoisotopic (exact) mass is 292 g/mol. The number of carbonyl (C=O) groups is 1. The molecule has 1 aliphatic carbocycles. The summed E-state index contributed by atoms with van der Waals surface area (Å²) in [5, 5.41) is 10.5. The van der Waals surface area contributed by atoms with Gasteiger partial charge in [0, 0.05) is 19.3 Å². The normalized spacial score (nSPS) is 25.9. The van der Waals surface area contributed by atoms with Gasteiger partial charge < -0.3 is 10.6 Å². The second kappa shape index (κ2) is 6.96. The average Bonchev–Trinajstić information content (AvgIpc) is 2.85. The summed E-state index contributed by atoms with van der Waals surface area (Å²) in [4.78, 5) is 11.4. The van der Waals surface area contributed by atoms with Crippen LogP contribution in [0, 0.1) is 17.8 Å². The van der Waals surface area contributed by atoms with Gasteiger partial charge >= 0.3 is 0 Å². The van der Waals surface area contributed by atoms with E-state index in [1.807, 2.05) is 12.4 Å². The minimum Gasteiger partial charge on any atom is -0.379 e. The van der Waals surface area contributed by atoms with Crippen LogP contribution in [0.3, 0.4) is 0 Å². The second-order valence-corrected chi connectivity index (χ2v) is 6.68. The third-order valence-corrected chi connectivity index (χ3v) is 4.59. The molecule has 1 saturated carbocycles. The molecule has 1 aromatic heterocycles. The maximum Gasteiger partial charge on any atom is 0.241 e. The van der Waals surface area contributed by atoms with Crippen molar-refractivity contribution in [3.8, 4) is 0 Å². The van der Waals surface area contributed by atoms with E-state index in [-0.39, 0.29) is 12.5 Å². The quantitative estimate of drug-likeness (QED) is 0.876. The minimum atomic E-state index is -0.0315. The molecule has 21 heavy (non-hydrogen) atoms. The van der Waals surface area contributed by atoms with Crippen LogP contribution in [0.15, 0.2) is 12.4 Å². The van der Waals surface area contributed by atoms with E-state index in [9.17, 15) is 4.79 Å². The fraction of sp³-hybridized carbons (Fsp3) is 0.750. The van der Waals surface area contributed by atoms with Crippen molar-refractivity contribution in [3.63, 3.8) is 0 Å². The first-order chi connectivity index (χ1) is 9.99. The molecule has 1 aliphatic rings. The molecular formula is C16H28N4O. The van der Waals surface area contributed by atoms with Gasteiger partial charge in [0.25, 0.3) is 0 Å². The van der Waals surface area contributed by atoms with E-state index in [1.165, 1.54) is 19.3 Å². The summed E-state index contributed by atoms with van der Waals surface area (Å²) in [6.45, 7) is 7.22. The van der Waals surface area contributed by atoms with Crippen molar-refractivity contribution in [2.75, 3.05) is 12.4 Å². The zero-order chi connectivity index (χ0) is 15.4. The third kappa shape index (κ3) is 4.22. The third-order valence-electron chi connectivity index (χ3n) is 4.59. The minimum absolute atomic E-state index is 0.0315. The van der Waals surface area contributed by atoms with Crippen LogP contribution < -0.4 is 10.6 Å². The highest BCUT2D eigenvalue weighted by Crippen LogP contribution is 2.35. The Labute approximate surface area is 127 Å². The van der Waals surface area contributed by atoms with E-state index in [1.54, 1.807) is 11.7 Å². The number of nitrogens with zero attached hydrogens (tertiary/aromatic N) is 2. The van der Waals surface area contributed by atoms with E-state index < -0.39 is 0 Å². The van der Waals surface area contributed by atoms with Crippen molar-refractivity contribution in [2.24, 2.45) is 17.8 Å². The molecule has 3 atom stereocenters. The molecule has 5 nitrogen and oxygen atoms in total. The van der Waals surface area contributed by atoms with E-state index in [0.29, 0.717) is 17.9 Å². The molecule has 1 fully saturated rings. The number of nitrogens with one attached hydrogen (secondary N) is 2. The fourth-order valence-electron chi connectivity index (χ4n) is 3.33. The van der Waals surface area contributed by atoms with Gasteiger partial charge in [0.15, 0.2) is 0 Å². The number of aromatic nitrogens is 2. The molecule has 2 N–H and O–H groups in total. The van der Waals surface area contributed by atoms with Crippen LogP contribution in [0.4, 0.5) is 5.69 Å². The highest BCUT2D eigenvalue weighted by Gasteiger charge is 2.30. The van der Waals surface area contributed by atoms with Crippen molar-refractivity contribution in [2.45, 2.75) is 52.6 Å². The Bertz CT molecular complexity index is 469. The summed E-state index contributed by atoms with van der Waals surface area (Å²) in [7, 11) is 1.64. The number of anilines is 1. The summed E-state index contributed by atoms with van der Waals surface area (Å²) in [6, 6.07) is 0.506. The number of hydrogen-bond acceptors (Lipinski definition) is 3. The van der Waals surface area contributed by atoms with Crippen molar-refractivity contribution in [3.05, 3.63) is 12.4 Å². The standard InChI is InChI=1S/C16H28N4O/c1-11(2)14-6-5-12(3)7-15(14)19-13-8-18-20(9-13)10-16(21)17-4/h8-9,11-12,14-15,19H,5-7,10H2,1-4H3,(H,17,21). The molecule has 118 valence electrons. The predicted molar refractivity (Wildman–Crippen MR) is 85.0 cm³/mol. The Morgan fingerprint density at radius 1 is 1.48 bits per heavy atom. The van der Waals surface area contributed by atoms with Crippen molar-refractivity contribution in [1.29, 1.82) is 0 Å². The van der Waals surface area contributed by atoms with Crippen LogP contribution in [0.1, 0.15) is 40.0 Å². The van der Waals surface area contributed by atoms with Gasteiger partial charge in [-0.1, -0.05) is 27.2 Å². The molecular weight excluding hydrogens is 264 g/mol. The molecule has 1 amide bonds. The van der Waals surface area contributed by atoms with Crippen LogP contribution in [0.25, 0.3) is 0 Å². The molecule has 0 spiro atoms. The zero-order valence-corrected chi connectivity index (χ0v) is 13.6. The number of carbonyl (C=O) groups excluding carboxylic acids is 1. The molecule has 0 saturated heterocycles. The maximum absolute atomic E-state index is 11.4. The van der Waals surface area contributed by atoms with Gasteiger partial charge in [-0.2, -0.15) is 5.10 Å². The van der Waals surface area contributed by atoms with E-state index in [2.05, 4.69) is 36.5 Å². The topological polar surface area (TPSA) is 59.0 Å². The van der Waals surface area contributed by atoms with Crippen LogP contribution in [0.2, 0.25) is 0 Å². The van der Waals surface area contributed by atoms with Gasteiger partial charge in [-0.3, -0.25) is 9.48 Å². The van der Waals surface area contributed by atoms with Crippen molar-refractivity contribution >= 4 is 11.6 Å². The van der Waals surface area contributed by atoms with E-state index >= 15 is 0 Å². The first kappa shape index (κ1) is 15.9. The van der Waals surface area contributed by atoms with Gasteiger partial charge in [0.1, 0.15) is 6.54 Å². The van der Waals surface area contributed by atoms with E-state index in [4.69, 9.17) is 0 Å². The largest absolute Gasteiger partial charge is 0.379 e. The predicted octanol–water partition coefficient (Wildman–Crippen LogP) is 2.50. The summed E-state index contributed by atoms with van der Waals surface area (Å²) in [5.74, 6) is 2.15. The number of amides is 1. The maximum atomic E-state index is 11.4. The number of likely N-dealkylation sites (N-methyl/N-ethyl adjacent to an activating group) is 1. The smallest absolute Gasteiger partial charge is 0.241 e. The average molecular weight is 292 g/mol. The second-order valence-electron chi connectivity index (χ2n) is 6.68. The van der Waals surface area contributed by atoms with Crippen LogP contribution >= 0.6 is 0 Å². The molecule has 0 aliphatic heterocycles. The summed E-state index contributed by atoms with van der Waals surface area (Å²) in [5.41, 5.74) is 1.02. The van der Waals surface area contributed by atoms with Crippen LogP contribution in [0.5, 0.6) is 0 Å². The Morgan fingerprint density at radius 3 is 2.90 bits per heavy atom. The lowest BCUT2D eigenvalue weighted by molar-refractivity contribution is -0.121. The van der Waals surface area contributed by atoms with Gasteiger partial charge in [0.2, 0.25) is 5.91 Å². The van der Waals surface area contributed by atoms with E-state index in [0.717, 1.165) is 11.6 Å². The van der Waals surface area contributed by atoms with Crippen molar-refractivity contribution < 1.29 is 4.79 Å². The summed E-state index contributed by atoms with van der Waals surface area (Å²) >= 11 is 0. The summed E-state index contributed by atoms with van der Waals surface area (Å²) < 4.78 is 1.68. The lowest BCUT2D eigenvalue weighted by Crippen LogP contribution is -2.37. The number of rotatable bonds is 5. The van der Waals surface area contributed by atoms with Crippen molar-refractivity contribution in [1.82, 2.24) is 15.1 Å². The lowest BCUT2D eigenvalue weighted by atomic mass is 9.74. The fourth-order valence-corrected chi connectivity index (χ4v) is 3.33. The molecule has 0 radical (unpaired) electrons. The highest BCUT2D eigenvalue weighted by molar-refractivity contribution is 5.75. The SMILES string of the molecule is CNC(=O)Cn1cc(NC2CC(C)CCC2C(C)C)cn1. The molecule has 0 aromatic carbocycles. The van der Waals surface area contributed by atoms with Crippen LogP contribution in [-0.4, -0.2) is 28.8 Å². The first-order valence-electron chi connectivity index (χ1n) is 7.99. The number of hydrogen-bond donors (Lipinski definition) is 2. The first-order valence-corrected chi connectivity index (χ1v) is 7.99. The van der Waals surface area contributed by atoms with Gasteiger partial charge in [-0.05, 0) is 30.6 Å². The lowest BCUT2D eigenvalue weighted by Gasteiger charge is -2.38. The Balaban J connectivity index is 2.00. The Kier molecular flexibility index (Phi) is 5.26. The van der Waals surface area contributed by atoms with Gasteiger partial charge in [-0.25, -0.2) is 0 Å². The molecule has 2 rings (SSSR count). The van der Waals surface area contributed by atoms with Crippen LogP contribution in [-0.2, 0) is 11.3 Å². The molecule has 1 aromatic rings. The highest BCUT2D eigenvalue weighted by atomic mass is 16.1. The zero-order valence-electron chi connectivity index (χ0n) is 13.6. The molecule has 3 unspecified atom stereocenters. The Morgan fingerprint density at radius 2 is 2.24 bits per heavy atom. The molecule has 5 heteroatoms. The molecule has 1 heterocycles. The Hall–Kier alpha value is -1.52. The van der Waals surface area contributed by atoms with Gasteiger partial charge in [-0.15, -0.1) is 0 Å². The van der Waals surface area contributed by atoms with Gasteiger partial charge in [0.05, 0.1) is 11.9 Å².